The third kappa shape index (κ3) is 6.83. The average molecular weight is 412 g/mol. The monoisotopic (exact) mass is 411 g/mol. The molecule has 1 aliphatic carbocycles. The predicted octanol–water partition coefficient (Wildman–Crippen LogP) is 0.234. The maximum Gasteiger partial charge on any atom is 0.326 e. The van der Waals surface area contributed by atoms with Gasteiger partial charge < -0.3 is 26.5 Å². The van der Waals surface area contributed by atoms with Crippen LogP contribution in [-0.4, -0.2) is 56.7 Å². The van der Waals surface area contributed by atoms with Crippen molar-refractivity contribution in [1.29, 1.82) is 0 Å². The molecule has 0 radical (unpaired) electrons. The van der Waals surface area contributed by atoms with E-state index in [1.807, 2.05) is 0 Å². The molecule has 1 aromatic rings. The first-order valence-electron chi connectivity index (χ1n) is 9.58. The first kappa shape index (κ1) is 22.2. The highest BCUT2D eigenvalue weighted by Gasteiger charge is 2.30. The third-order valence-corrected chi connectivity index (χ3v) is 5.44. The quantitative estimate of drug-likeness (QED) is 0.304. The lowest BCUT2D eigenvalue weighted by molar-refractivity contribution is -0.142. The Hall–Kier alpha value is -2.07. The molecule has 9 nitrogen and oxygen atoms in total. The molecule has 10 heteroatoms. The van der Waals surface area contributed by atoms with Gasteiger partial charge in [0.1, 0.15) is 12.1 Å². The number of carboxylic acid groups (broad SMARTS) is 1. The predicted molar refractivity (Wildman–Crippen MR) is 107 cm³/mol. The molecule has 0 saturated heterocycles. The SMILES string of the molecule is N[C@@H](CS)C(=O)N[C@H](CC1CCCCC1)C(=O)N[C@@H](Cc1c[nH]cn1)C(=O)O. The van der Waals surface area contributed by atoms with Crippen LogP contribution in [0.3, 0.4) is 0 Å². The number of amides is 2. The van der Waals surface area contributed by atoms with Crippen LogP contribution in [0.2, 0.25) is 0 Å². The Morgan fingerprint density at radius 2 is 1.89 bits per heavy atom. The highest BCUT2D eigenvalue weighted by molar-refractivity contribution is 7.80. The summed E-state index contributed by atoms with van der Waals surface area (Å²) in [5, 5.41) is 14.7. The number of aromatic nitrogens is 2. The van der Waals surface area contributed by atoms with E-state index in [0.29, 0.717) is 18.0 Å². The van der Waals surface area contributed by atoms with E-state index in [-0.39, 0.29) is 12.2 Å². The minimum atomic E-state index is -1.16. The first-order valence-corrected chi connectivity index (χ1v) is 10.2. The molecular formula is C18H29N5O4S. The van der Waals surface area contributed by atoms with Crippen LogP contribution in [-0.2, 0) is 20.8 Å². The summed E-state index contributed by atoms with van der Waals surface area (Å²) >= 11 is 4.02. The molecule has 156 valence electrons. The number of H-pyrrole nitrogens is 1. The van der Waals surface area contributed by atoms with Gasteiger partial charge in [0.2, 0.25) is 11.8 Å². The molecular weight excluding hydrogens is 382 g/mol. The zero-order valence-corrected chi connectivity index (χ0v) is 16.7. The van der Waals surface area contributed by atoms with E-state index in [2.05, 4.69) is 33.2 Å². The number of rotatable bonds is 10. The van der Waals surface area contributed by atoms with Crippen molar-refractivity contribution in [3.63, 3.8) is 0 Å². The number of hydrogen-bond donors (Lipinski definition) is 6. The number of hydrogen-bond acceptors (Lipinski definition) is 6. The van der Waals surface area contributed by atoms with Crippen molar-refractivity contribution >= 4 is 30.4 Å². The Kier molecular flexibility index (Phi) is 8.78. The van der Waals surface area contributed by atoms with Gasteiger partial charge in [-0.3, -0.25) is 9.59 Å². The van der Waals surface area contributed by atoms with Gasteiger partial charge in [0.05, 0.1) is 18.1 Å². The molecule has 0 aromatic carbocycles. The molecule has 1 heterocycles. The standard InChI is InChI=1S/C18H29N5O4S/c19-13(9-28)16(24)22-14(6-11-4-2-1-3-5-11)17(25)23-15(18(26)27)7-12-8-20-10-21-12/h8,10-11,13-15,28H,1-7,9,19H2,(H,20,21)(H,22,24)(H,23,25)(H,26,27)/t13-,14+,15-/m0/s1. The number of nitrogens with one attached hydrogen (secondary N) is 3. The van der Waals surface area contributed by atoms with Crippen molar-refractivity contribution in [3.05, 3.63) is 18.2 Å². The number of aromatic amines is 1. The van der Waals surface area contributed by atoms with Gasteiger partial charge in [-0.15, -0.1) is 0 Å². The maximum absolute atomic E-state index is 12.8. The van der Waals surface area contributed by atoms with Crippen molar-refractivity contribution in [2.24, 2.45) is 11.7 Å². The summed E-state index contributed by atoms with van der Waals surface area (Å²) < 4.78 is 0. The van der Waals surface area contributed by atoms with Crippen molar-refractivity contribution < 1.29 is 19.5 Å². The van der Waals surface area contributed by atoms with Crippen molar-refractivity contribution in [1.82, 2.24) is 20.6 Å². The van der Waals surface area contributed by atoms with Crippen LogP contribution in [0.5, 0.6) is 0 Å². The third-order valence-electron chi connectivity index (χ3n) is 5.04. The minimum absolute atomic E-state index is 0.0465. The Bertz CT molecular complexity index is 648. The van der Waals surface area contributed by atoms with E-state index in [1.165, 1.54) is 12.7 Å². The molecule has 1 aromatic heterocycles. The fraction of sp³-hybridized carbons (Fsp3) is 0.667. The van der Waals surface area contributed by atoms with E-state index >= 15 is 0 Å². The summed E-state index contributed by atoms with van der Waals surface area (Å²) in [5.41, 5.74) is 6.24. The van der Waals surface area contributed by atoms with Crippen molar-refractivity contribution in [2.75, 3.05) is 5.75 Å². The number of nitrogens with zero attached hydrogens (tertiary/aromatic N) is 1. The van der Waals surface area contributed by atoms with Crippen LogP contribution >= 0.6 is 12.6 Å². The van der Waals surface area contributed by atoms with Crippen LogP contribution in [0.15, 0.2) is 12.5 Å². The fourth-order valence-electron chi connectivity index (χ4n) is 3.43. The second-order valence-corrected chi connectivity index (χ2v) is 7.62. The van der Waals surface area contributed by atoms with E-state index in [0.717, 1.165) is 25.7 Å². The first-order chi connectivity index (χ1) is 13.4. The molecule has 0 bridgehead atoms. The Balaban J connectivity index is 2.06. The molecule has 0 spiro atoms. The van der Waals surface area contributed by atoms with Crippen LogP contribution < -0.4 is 16.4 Å². The molecule has 1 saturated carbocycles. The molecule has 2 rings (SSSR count). The van der Waals surface area contributed by atoms with Gasteiger partial charge in [0.15, 0.2) is 0 Å². The van der Waals surface area contributed by atoms with E-state index < -0.39 is 35.9 Å². The summed E-state index contributed by atoms with van der Waals surface area (Å²) in [5.74, 6) is -1.68. The number of carboxylic acids is 1. The van der Waals surface area contributed by atoms with Gasteiger partial charge in [0.25, 0.3) is 0 Å². The van der Waals surface area contributed by atoms with Gasteiger partial charge in [-0.1, -0.05) is 32.1 Å². The highest BCUT2D eigenvalue weighted by atomic mass is 32.1. The Morgan fingerprint density at radius 3 is 2.46 bits per heavy atom. The molecule has 1 aliphatic rings. The fourth-order valence-corrected chi connectivity index (χ4v) is 3.60. The topological polar surface area (TPSA) is 150 Å². The second kappa shape index (κ2) is 11.1. The number of thiol groups is 1. The number of nitrogens with two attached hydrogens (primary N) is 1. The Morgan fingerprint density at radius 1 is 1.21 bits per heavy atom. The second-order valence-electron chi connectivity index (χ2n) is 7.25. The lowest BCUT2D eigenvalue weighted by Crippen LogP contribution is -2.55. The van der Waals surface area contributed by atoms with Crippen LogP contribution in [0, 0.1) is 5.92 Å². The van der Waals surface area contributed by atoms with E-state index in [9.17, 15) is 19.5 Å². The molecule has 28 heavy (non-hydrogen) atoms. The summed E-state index contributed by atoms with van der Waals surface area (Å²) in [6.45, 7) is 0. The molecule has 2 amide bonds. The molecule has 0 aliphatic heterocycles. The lowest BCUT2D eigenvalue weighted by Gasteiger charge is -2.28. The highest BCUT2D eigenvalue weighted by Crippen LogP contribution is 2.27. The summed E-state index contributed by atoms with van der Waals surface area (Å²) in [7, 11) is 0. The van der Waals surface area contributed by atoms with Crippen molar-refractivity contribution in [2.45, 2.75) is 63.1 Å². The zero-order chi connectivity index (χ0) is 20.5. The lowest BCUT2D eigenvalue weighted by atomic mass is 9.84. The molecule has 6 N–H and O–H groups in total. The van der Waals surface area contributed by atoms with Gasteiger partial charge in [-0.25, -0.2) is 9.78 Å². The van der Waals surface area contributed by atoms with Crippen LogP contribution in [0.1, 0.15) is 44.2 Å². The van der Waals surface area contributed by atoms with Crippen molar-refractivity contribution in [3.8, 4) is 0 Å². The minimum Gasteiger partial charge on any atom is -0.480 e. The van der Waals surface area contributed by atoms with Crippen LogP contribution in [0.25, 0.3) is 0 Å². The van der Waals surface area contributed by atoms with Gasteiger partial charge in [-0.2, -0.15) is 12.6 Å². The van der Waals surface area contributed by atoms with E-state index in [1.54, 1.807) is 6.20 Å². The number of aliphatic carboxylic acids is 1. The summed E-state index contributed by atoms with van der Waals surface area (Å²) in [4.78, 5) is 43.4. The Labute approximate surface area is 169 Å². The number of imidazole rings is 1. The normalized spacial score (nSPS) is 18.1. The van der Waals surface area contributed by atoms with Crippen LogP contribution in [0.4, 0.5) is 0 Å². The summed E-state index contributed by atoms with van der Waals surface area (Å²) in [6.07, 6.45) is 8.89. The number of carbonyl (C=O) groups excluding carboxylic acids is 2. The summed E-state index contributed by atoms with van der Waals surface area (Å²) in [6, 6.07) is -2.80. The van der Waals surface area contributed by atoms with Gasteiger partial charge in [-0.05, 0) is 12.3 Å². The molecule has 1 fully saturated rings. The molecule has 0 unspecified atom stereocenters. The maximum atomic E-state index is 12.8. The smallest absolute Gasteiger partial charge is 0.326 e. The largest absolute Gasteiger partial charge is 0.480 e. The number of carbonyl (C=O) groups is 3. The molecule has 3 atom stereocenters. The zero-order valence-electron chi connectivity index (χ0n) is 15.8. The average Bonchev–Trinajstić information content (AvgIpc) is 3.20. The van der Waals surface area contributed by atoms with Gasteiger partial charge >= 0.3 is 5.97 Å². The van der Waals surface area contributed by atoms with Gasteiger partial charge in [0, 0.05) is 18.4 Å². The van der Waals surface area contributed by atoms with E-state index in [4.69, 9.17) is 5.73 Å².